The van der Waals surface area contributed by atoms with Crippen molar-refractivity contribution in [3.63, 3.8) is 0 Å². The molecule has 4 amide bonds. The number of nitrogens with zero attached hydrogens (tertiary/aromatic N) is 1. The van der Waals surface area contributed by atoms with Crippen LogP contribution in [0.2, 0.25) is 0 Å². The minimum absolute atomic E-state index is 0.0716. The van der Waals surface area contributed by atoms with Crippen LogP contribution in [0.5, 0.6) is 11.5 Å². The third kappa shape index (κ3) is 5.80. The predicted octanol–water partition coefficient (Wildman–Crippen LogP) is 1.04. The quantitative estimate of drug-likeness (QED) is 0.437. The van der Waals surface area contributed by atoms with Crippen molar-refractivity contribution in [3.05, 3.63) is 53.1 Å². The maximum absolute atomic E-state index is 13.4. The molecule has 1 atom stereocenters. The van der Waals surface area contributed by atoms with Crippen LogP contribution in [0.3, 0.4) is 0 Å². The molecule has 0 spiro atoms. The molecule has 2 N–H and O–H groups in total. The van der Waals surface area contributed by atoms with Gasteiger partial charge in [-0.2, -0.15) is 0 Å². The van der Waals surface area contributed by atoms with Crippen LogP contribution in [0.1, 0.15) is 59.5 Å². The smallest absolute Gasteiger partial charge is 0.262 e. The van der Waals surface area contributed by atoms with E-state index in [0.717, 1.165) is 4.90 Å². The number of aliphatic carboxylic acids is 1. The summed E-state index contributed by atoms with van der Waals surface area (Å²) in [5, 5.41) is 15.6. The van der Waals surface area contributed by atoms with Gasteiger partial charge in [-0.05, 0) is 49.7 Å². The zero-order valence-electron chi connectivity index (χ0n) is 20.1. The van der Waals surface area contributed by atoms with Crippen molar-refractivity contribution in [3.8, 4) is 11.5 Å². The molecule has 11 heteroatoms. The number of anilines is 1. The van der Waals surface area contributed by atoms with Gasteiger partial charge in [-0.15, -0.1) is 0 Å². The van der Waals surface area contributed by atoms with E-state index in [0.29, 0.717) is 36.0 Å². The SMILES string of the molecule is CCOc1ccc(C(CC(=O)NCC(=O)[O-])N2C(=O)c3ccc(NC(C)=O)cc3C2=O)cc1OCC. The summed E-state index contributed by atoms with van der Waals surface area (Å²) >= 11 is 0. The number of hydrogen-bond donors (Lipinski definition) is 2. The van der Waals surface area contributed by atoms with E-state index in [9.17, 15) is 29.1 Å². The first-order valence-corrected chi connectivity index (χ1v) is 11.3. The average molecular weight is 496 g/mol. The van der Waals surface area contributed by atoms with E-state index >= 15 is 0 Å². The Bertz CT molecular complexity index is 1210. The number of carbonyl (C=O) groups excluding carboxylic acids is 5. The molecule has 1 aliphatic heterocycles. The van der Waals surface area contributed by atoms with Crippen molar-refractivity contribution >= 4 is 35.3 Å². The van der Waals surface area contributed by atoms with Crippen LogP contribution >= 0.6 is 0 Å². The molecule has 0 bridgehead atoms. The maximum atomic E-state index is 13.4. The highest BCUT2D eigenvalue weighted by atomic mass is 16.5. The Labute approximate surface area is 207 Å². The molecule has 0 aromatic heterocycles. The number of rotatable bonds is 11. The van der Waals surface area contributed by atoms with E-state index in [-0.39, 0.29) is 17.0 Å². The zero-order chi connectivity index (χ0) is 26.4. The average Bonchev–Trinajstić information content (AvgIpc) is 3.06. The molecule has 2 aromatic carbocycles. The minimum Gasteiger partial charge on any atom is -0.548 e. The molecule has 1 heterocycles. The first-order chi connectivity index (χ1) is 17.2. The number of benzene rings is 2. The zero-order valence-corrected chi connectivity index (χ0v) is 20.1. The third-order valence-corrected chi connectivity index (χ3v) is 5.31. The maximum Gasteiger partial charge on any atom is 0.262 e. The number of nitrogens with one attached hydrogen (secondary N) is 2. The van der Waals surface area contributed by atoms with Gasteiger partial charge in [0.05, 0.1) is 49.3 Å². The summed E-state index contributed by atoms with van der Waals surface area (Å²) in [4.78, 5) is 62.4. The number of hydrogen-bond acceptors (Lipinski definition) is 8. The molecule has 36 heavy (non-hydrogen) atoms. The topological polar surface area (TPSA) is 154 Å². The molecule has 1 aliphatic rings. The van der Waals surface area contributed by atoms with Gasteiger partial charge < -0.3 is 30.0 Å². The summed E-state index contributed by atoms with van der Waals surface area (Å²) in [6.45, 7) is 4.88. The molecule has 1 unspecified atom stereocenters. The fourth-order valence-corrected chi connectivity index (χ4v) is 3.88. The third-order valence-electron chi connectivity index (χ3n) is 5.31. The monoisotopic (exact) mass is 496 g/mol. The van der Waals surface area contributed by atoms with E-state index in [4.69, 9.17) is 9.47 Å². The molecule has 0 radical (unpaired) electrons. The number of imide groups is 1. The molecule has 190 valence electrons. The summed E-state index contributed by atoms with van der Waals surface area (Å²) in [5.74, 6) is -3.01. The van der Waals surface area contributed by atoms with Crippen LogP contribution < -0.4 is 25.2 Å². The number of fused-ring (bicyclic) bond motifs is 1. The van der Waals surface area contributed by atoms with Gasteiger partial charge in [-0.1, -0.05) is 6.07 Å². The molecule has 0 saturated heterocycles. The summed E-state index contributed by atoms with van der Waals surface area (Å²) in [6.07, 6.45) is -0.406. The highest BCUT2D eigenvalue weighted by molar-refractivity contribution is 6.22. The fraction of sp³-hybridized carbons (Fsp3) is 0.320. The van der Waals surface area contributed by atoms with Gasteiger partial charge in [0, 0.05) is 12.6 Å². The van der Waals surface area contributed by atoms with Crippen molar-refractivity contribution in [1.82, 2.24) is 10.2 Å². The van der Waals surface area contributed by atoms with E-state index < -0.39 is 42.7 Å². The van der Waals surface area contributed by atoms with Crippen LogP contribution in [-0.2, 0) is 14.4 Å². The number of carboxylic acids is 1. The van der Waals surface area contributed by atoms with Gasteiger partial charge in [0.25, 0.3) is 11.8 Å². The number of carbonyl (C=O) groups is 5. The van der Waals surface area contributed by atoms with Crippen LogP contribution in [0.4, 0.5) is 5.69 Å². The highest BCUT2D eigenvalue weighted by Gasteiger charge is 2.41. The molecule has 0 aliphatic carbocycles. The lowest BCUT2D eigenvalue weighted by molar-refractivity contribution is -0.304. The molecule has 0 fully saturated rings. The Morgan fingerprint density at radius 3 is 2.25 bits per heavy atom. The molecular formula is C25H26N3O8-. The standard InChI is InChI=1S/C25H27N3O8/c1-4-35-20-9-6-15(10-21(20)36-5-2)19(12-22(30)26-13-23(31)32)28-24(33)17-8-7-16(27-14(3)29)11-18(17)25(28)34/h6-11,19H,4-5,12-13H2,1-3H3,(H,26,30)(H,27,29)(H,31,32)/p-1. The first-order valence-electron chi connectivity index (χ1n) is 11.3. The van der Waals surface area contributed by atoms with E-state index in [1.165, 1.54) is 25.1 Å². The van der Waals surface area contributed by atoms with E-state index in [2.05, 4.69) is 10.6 Å². The molecule has 3 rings (SSSR count). The predicted molar refractivity (Wildman–Crippen MR) is 125 cm³/mol. The summed E-state index contributed by atoms with van der Waals surface area (Å²) in [6, 6.07) is 8.04. The lowest BCUT2D eigenvalue weighted by atomic mass is 10.0. The van der Waals surface area contributed by atoms with Crippen molar-refractivity contribution in [2.24, 2.45) is 0 Å². The number of amides is 4. The van der Waals surface area contributed by atoms with Crippen LogP contribution in [0.25, 0.3) is 0 Å². The Morgan fingerprint density at radius 2 is 1.61 bits per heavy atom. The van der Waals surface area contributed by atoms with Crippen LogP contribution in [0, 0.1) is 0 Å². The van der Waals surface area contributed by atoms with Crippen molar-refractivity contribution in [1.29, 1.82) is 0 Å². The molecule has 11 nitrogen and oxygen atoms in total. The Hall–Kier alpha value is -4.41. The lowest BCUT2D eigenvalue weighted by Crippen LogP contribution is -2.41. The Balaban J connectivity index is 2.03. The summed E-state index contributed by atoms with van der Waals surface area (Å²) in [7, 11) is 0. The van der Waals surface area contributed by atoms with Crippen molar-refractivity contribution < 1.29 is 38.6 Å². The highest BCUT2D eigenvalue weighted by Crippen LogP contribution is 2.38. The van der Waals surface area contributed by atoms with Crippen LogP contribution in [-0.4, -0.2) is 54.3 Å². The van der Waals surface area contributed by atoms with Crippen molar-refractivity contribution in [2.75, 3.05) is 25.1 Å². The van der Waals surface area contributed by atoms with Gasteiger partial charge in [-0.25, -0.2) is 0 Å². The second kappa shape index (κ2) is 11.3. The first kappa shape index (κ1) is 26.2. The normalized spacial score (nSPS) is 13.1. The fourth-order valence-electron chi connectivity index (χ4n) is 3.88. The van der Waals surface area contributed by atoms with Crippen LogP contribution in [0.15, 0.2) is 36.4 Å². The molecule has 0 saturated carbocycles. The lowest BCUT2D eigenvalue weighted by Gasteiger charge is -2.27. The second-order valence-electron chi connectivity index (χ2n) is 7.86. The van der Waals surface area contributed by atoms with E-state index in [1.807, 2.05) is 6.92 Å². The Morgan fingerprint density at radius 1 is 0.944 bits per heavy atom. The largest absolute Gasteiger partial charge is 0.548 e. The summed E-state index contributed by atoms with van der Waals surface area (Å²) in [5.41, 5.74) is 0.932. The number of ether oxygens (including phenoxy) is 2. The van der Waals surface area contributed by atoms with Crippen molar-refractivity contribution in [2.45, 2.75) is 33.2 Å². The van der Waals surface area contributed by atoms with Gasteiger partial charge in [0.1, 0.15) is 0 Å². The van der Waals surface area contributed by atoms with Gasteiger partial charge in [0.2, 0.25) is 11.8 Å². The van der Waals surface area contributed by atoms with Gasteiger partial charge in [-0.3, -0.25) is 24.1 Å². The number of carboxylic acid groups (broad SMARTS) is 1. The van der Waals surface area contributed by atoms with E-state index in [1.54, 1.807) is 25.1 Å². The van der Waals surface area contributed by atoms with Gasteiger partial charge >= 0.3 is 0 Å². The Kier molecular flexibility index (Phi) is 8.26. The van der Waals surface area contributed by atoms with Gasteiger partial charge in [0.15, 0.2) is 11.5 Å². The molecular weight excluding hydrogens is 470 g/mol. The second-order valence-corrected chi connectivity index (χ2v) is 7.86. The minimum atomic E-state index is -1.48. The molecule has 2 aromatic rings. The summed E-state index contributed by atoms with van der Waals surface area (Å²) < 4.78 is 11.2.